The number of carbonyl (C=O) groups excluding carboxylic acids is 1. The molecule has 8 nitrogen and oxygen atoms in total. The number of sulfonamides is 1. The Morgan fingerprint density at radius 3 is 2.64 bits per heavy atom. The first kappa shape index (κ1) is 23.3. The number of hydrogen-bond donors (Lipinski definition) is 1. The van der Waals surface area contributed by atoms with Crippen molar-refractivity contribution in [1.82, 2.24) is 13.9 Å². The van der Waals surface area contributed by atoms with Gasteiger partial charge in [0.25, 0.3) is 0 Å². The number of fused-ring (bicyclic) bond motifs is 1. The van der Waals surface area contributed by atoms with Gasteiger partial charge in [0.05, 0.1) is 29.1 Å². The number of nitrogens with one attached hydrogen (secondary N) is 1. The predicted molar refractivity (Wildman–Crippen MR) is 123 cm³/mol. The van der Waals surface area contributed by atoms with Crippen LogP contribution in [-0.2, 0) is 32.5 Å². The molecule has 1 aliphatic heterocycles. The van der Waals surface area contributed by atoms with E-state index in [0.717, 1.165) is 5.52 Å². The molecular weight excluding hydrogens is 447 g/mol. The van der Waals surface area contributed by atoms with Gasteiger partial charge in [-0.2, -0.15) is 4.31 Å². The summed E-state index contributed by atoms with van der Waals surface area (Å²) in [4.78, 5) is 17.3. The number of nitrogens with zero attached hydrogens (tertiary/aromatic N) is 3. The van der Waals surface area contributed by atoms with Crippen LogP contribution in [0.2, 0.25) is 0 Å². The molecule has 176 valence electrons. The molecule has 4 rings (SSSR count). The van der Waals surface area contributed by atoms with Crippen molar-refractivity contribution >= 4 is 32.7 Å². The molecule has 0 unspecified atom stereocenters. The number of morpholine rings is 1. The largest absolute Gasteiger partial charge is 0.379 e. The number of imidazole rings is 1. The van der Waals surface area contributed by atoms with Crippen LogP contribution >= 0.6 is 0 Å². The average Bonchev–Trinajstić information content (AvgIpc) is 3.17. The lowest BCUT2D eigenvalue weighted by Gasteiger charge is -2.26. The molecule has 33 heavy (non-hydrogen) atoms. The second kappa shape index (κ2) is 9.58. The average molecular weight is 475 g/mol. The summed E-state index contributed by atoms with van der Waals surface area (Å²) in [5.41, 5.74) is 2.63. The van der Waals surface area contributed by atoms with Gasteiger partial charge in [-0.1, -0.05) is 0 Å². The summed E-state index contributed by atoms with van der Waals surface area (Å²) < 4.78 is 47.9. The van der Waals surface area contributed by atoms with Crippen molar-refractivity contribution in [1.29, 1.82) is 0 Å². The first-order valence-electron chi connectivity index (χ1n) is 10.9. The van der Waals surface area contributed by atoms with Crippen LogP contribution in [-0.4, -0.2) is 54.5 Å². The molecule has 0 atom stereocenters. The van der Waals surface area contributed by atoms with E-state index in [1.54, 1.807) is 31.2 Å². The fraction of sp³-hybridized carbons (Fsp3) is 0.391. The molecule has 0 bridgehead atoms. The van der Waals surface area contributed by atoms with Crippen molar-refractivity contribution in [3.8, 4) is 0 Å². The van der Waals surface area contributed by atoms with E-state index in [1.807, 2.05) is 11.5 Å². The first-order valence-corrected chi connectivity index (χ1v) is 12.4. The minimum absolute atomic E-state index is 0.194. The van der Waals surface area contributed by atoms with E-state index < -0.39 is 10.0 Å². The van der Waals surface area contributed by atoms with Crippen molar-refractivity contribution in [2.24, 2.45) is 0 Å². The zero-order valence-electron chi connectivity index (χ0n) is 18.7. The third-order valence-electron chi connectivity index (χ3n) is 5.76. The maximum Gasteiger partial charge on any atom is 0.243 e. The Morgan fingerprint density at radius 2 is 1.94 bits per heavy atom. The minimum atomic E-state index is -3.62. The second-order valence-corrected chi connectivity index (χ2v) is 9.88. The Bertz CT molecular complexity index is 1280. The van der Waals surface area contributed by atoms with Gasteiger partial charge in [-0.3, -0.25) is 4.79 Å². The Morgan fingerprint density at radius 1 is 1.18 bits per heavy atom. The lowest BCUT2D eigenvalue weighted by molar-refractivity contribution is -0.116. The Kier molecular flexibility index (Phi) is 6.78. The summed E-state index contributed by atoms with van der Waals surface area (Å²) in [5.74, 6) is 0.159. The number of benzene rings is 2. The number of carbonyl (C=O) groups is 1. The lowest BCUT2D eigenvalue weighted by Crippen LogP contribution is -2.40. The Balaban J connectivity index is 1.52. The van der Waals surface area contributed by atoms with Crippen LogP contribution in [0.1, 0.15) is 24.7 Å². The van der Waals surface area contributed by atoms with Crippen LogP contribution in [0.25, 0.3) is 11.0 Å². The van der Waals surface area contributed by atoms with Crippen LogP contribution in [0, 0.1) is 12.7 Å². The molecule has 2 heterocycles. The van der Waals surface area contributed by atoms with E-state index in [9.17, 15) is 17.6 Å². The van der Waals surface area contributed by atoms with Gasteiger partial charge in [0.1, 0.15) is 11.6 Å². The second-order valence-electron chi connectivity index (χ2n) is 7.95. The smallest absolute Gasteiger partial charge is 0.243 e. The first-order chi connectivity index (χ1) is 15.8. The van der Waals surface area contributed by atoms with E-state index >= 15 is 0 Å². The summed E-state index contributed by atoms with van der Waals surface area (Å²) >= 11 is 0. The summed E-state index contributed by atoms with van der Waals surface area (Å²) in [6.45, 7) is 5.78. The molecule has 1 N–H and O–H groups in total. The molecule has 1 amide bonds. The van der Waals surface area contributed by atoms with Crippen LogP contribution in [0.15, 0.2) is 41.3 Å². The van der Waals surface area contributed by atoms with Gasteiger partial charge in [0, 0.05) is 38.2 Å². The van der Waals surface area contributed by atoms with E-state index in [4.69, 9.17) is 4.74 Å². The highest BCUT2D eigenvalue weighted by Gasteiger charge is 2.27. The quantitative estimate of drug-likeness (QED) is 0.568. The summed E-state index contributed by atoms with van der Waals surface area (Å²) in [6, 6.07) is 9.19. The van der Waals surface area contributed by atoms with Crippen molar-refractivity contribution in [3.63, 3.8) is 0 Å². The number of amides is 1. The van der Waals surface area contributed by atoms with Crippen LogP contribution in [0.3, 0.4) is 0 Å². The molecule has 1 aromatic heterocycles. The Labute approximate surface area is 192 Å². The molecule has 10 heteroatoms. The van der Waals surface area contributed by atoms with Crippen molar-refractivity contribution in [2.75, 3.05) is 31.6 Å². The van der Waals surface area contributed by atoms with Gasteiger partial charge >= 0.3 is 0 Å². The number of halogens is 1. The van der Waals surface area contributed by atoms with Gasteiger partial charge < -0.3 is 14.6 Å². The molecule has 0 aliphatic carbocycles. The highest BCUT2D eigenvalue weighted by atomic mass is 32.2. The van der Waals surface area contributed by atoms with Gasteiger partial charge in [0.2, 0.25) is 15.9 Å². The third kappa shape index (κ3) is 4.92. The molecular formula is C23H27FN4O4S. The van der Waals surface area contributed by atoms with Gasteiger partial charge in [0.15, 0.2) is 0 Å². The fourth-order valence-corrected chi connectivity index (χ4v) is 5.43. The maximum absolute atomic E-state index is 13.3. The van der Waals surface area contributed by atoms with Gasteiger partial charge in [-0.25, -0.2) is 17.8 Å². The number of hydrogen-bond acceptors (Lipinski definition) is 5. The van der Waals surface area contributed by atoms with Crippen molar-refractivity contribution in [3.05, 3.63) is 53.6 Å². The van der Waals surface area contributed by atoms with Crippen LogP contribution in [0.5, 0.6) is 0 Å². The van der Waals surface area contributed by atoms with E-state index in [2.05, 4.69) is 10.3 Å². The highest BCUT2D eigenvalue weighted by Crippen LogP contribution is 2.24. The lowest BCUT2D eigenvalue weighted by atomic mass is 10.2. The Hall–Kier alpha value is -2.82. The number of anilines is 1. The molecule has 1 aliphatic rings. The van der Waals surface area contributed by atoms with E-state index in [1.165, 1.54) is 16.4 Å². The van der Waals surface area contributed by atoms with Gasteiger partial charge in [-0.15, -0.1) is 0 Å². The zero-order valence-corrected chi connectivity index (χ0v) is 19.5. The van der Waals surface area contributed by atoms with E-state index in [-0.39, 0.29) is 23.0 Å². The highest BCUT2D eigenvalue weighted by molar-refractivity contribution is 7.89. The maximum atomic E-state index is 13.3. The number of rotatable bonds is 7. The topological polar surface area (TPSA) is 93.5 Å². The minimum Gasteiger partial charge on any atom is -0.379 e. The molecule has 0 saturated carbocycles. The molecule has 0 spiro atoms. The van der Waals surface area contributed by atoms with Crippen LogP contribution < -0.4 is 5.32 Å². The van der Waals surface area contributed by atoms with Gasteiger partial charge in [-0.05, 0) is 55.8 Å². The van der Waals surface area contributed by atoms with E-state index in [0.29, 0.717) is 61.9 Å². The van der Waals surface area contributed by atoms with Crippen molar-refractivity contribution in [2.45, 2.75) is 38.1 Å². The predicted octanol–water partition coefficient (Wildman–Crippen LogP) is 3.10. The molecule has 1 fully saturated rings. The number of ether oxygens (including phenoxy) is 1. The van der Waals surface area contributed by atoms with Crippen molar-refractivity contribution < 1.29 is 22.3 Å². The molecule has 3 aromatic rings. The molecule has 0 radical (unpaired) electrons. The fourth-order valence-electron chi connectivity index (χ4n) is 4.01. The summed E-state index contributed by atoms with van der Waals surface area (Å²) in [6.07, 6.45) is 0.583. The third-order valence-corrected chi connectivity index (χ3v) is 7.66. The summed E-state index contributed by atoms with van der Waals surface area (Å²) in [7, 11) is -3.62. The monoisotopic (exact) mass is 474 g/mol. The summed E-state index contributed by atoms with van der Waals surface area (Å²) in [5, 5.41) is 2.81. The zero-order chi connectivity index (χ0) is 23.6. The SMILES string of the molecule is CCn1c(CCC(=O)Nc2ccc(F)cc2C)nc2cc(S(=O)(=O)N3CCOCC3)ccc21. The number of aromatic nitrogens is 2. The normalized spacial score (nSPS) is 15.1. The molecule has 1 saturated heterocycles. The van der Waals surface area contributed by atoms with Crippen LogP contribution in [0.4, 0.5) is 10.1 Å². The molecule has 2 aromatic carbocycles. The number of aryl methyl sites for hydroxylation is 3. The standard InChI is InChI=1S/C23H27FN4O4S/c1-3-28-21-7-5-18(33(30,31)27-10-12-32-13-11-27)15-20(21)25-22(28)8-9-23(29)26-19-6-4-17(24)14-16(19)2/h4-7,14-15H,3,8-13H2,1-2H3,(H,26,29).